The van der Waals surface area contributed by atoms with Gasteiger partial charge in [-0.05, 0) is 4.92 Å². The average molecular weight is 268 g/mol. The lowest BCUT2D eigenvalue weighted by Crippen LogP contribution is -2.33. The van der Waals surface area contributed by atoms with Crippen LogP contribution in [-0.2, 0) is 25.8 Å². The normalized spacial score (nSPS) is 14.8. The molecule has 0 radical (unpaired) electrons. The molecule has 1 aromatic heterocycles. The molecule has 0 bridgehead atoms. The molecule has 0 unspecified atom stereocenters. The Hall–Kier alpha value is -2.78. The molecule has 10 nitrogen and oxygen atoms in total. The Balaban J connectivity index is 2.02. The second kappa shape index (κ2) is 4.84. The number of hydrogen-bond donors (Lipinski definition) is 0. The van der Waals surface area contributed by atoms with Crippen molar-refractivity contribution >= 4 is 23.7 Å². The van der Waals surface area contributed by atoms with Crippen LogP contribution in [0.3, 0.4) is 0 Å². The molecule has 2 heterocycles. The summed E-state index contributed by atoms with van der Waals surface area (Å²) >= 11 is 0. The standard InChI is InChI=1S/C9H8N4O6/c14-6-1-2-7(15)12(6)19-8(16)5-11-4-3-10-9(11)13(17)18/h3-4H,1-2,5H2. The summed E-state index contributed by atoms with van der Waals surface area (Å²) in [6.07, 6.45) is 2.33. The van der Waals surface area contributed by atoms with E-state index in [4.69, 9.17) is 0 Å². The van der Waals surface area contributed by atoms with E-state index in [-0.39, 0.29) is 12.8 Å². The van der Waals surface area contributed by atoms with Crippen molar-refractivity contribution in [2.75, 3.05) is 0 Å². The maximum Gasteiger partial charge on any atom is 0.435 e. The van der Waals surface area contributed by atoms with Gasteiger partial charge in [0.15, 0.2) is 6.54 Å². The van der Waals surface area contributed by atoms with Gasteiger partial charge >= 0.3 is 11.9 Å². The van der Waals surface area contributed by atoms with Crippen molar-refractivity contribution in [1.29, 1.82) is 0 Å². The van der Waals surface area contributed by atoms with Crippen LogP contribution in [0.2, 0.25) is 0 Å². The Morgan fingerprint density at radius 1 is 1.42 bits per heavy atom. The molecule has 0 aromatic carbocycles. The van der Waals surface area contributed by atoms with E-state index in [1.807, 2.05) is 0 Å². The van der Waals surface area contributed by atoms with Crippen molar-refractivity contribution in [3.05, 3.63) is 22.5 Å². The Labute approximate surface area is 105 Å². The quantitative estimate of drug-likeness (QED) is 0.405. The first-order valence-electron chi connectivity index (χ1n) is 5.21. The summed E-state index contributed by atoms with van der Waals surface area (Å²) in [6.45, 7) is -0.520. The molecule has 0 aliphatic carbocycles. The van der Waals surface area contributed by atoms with Crippen LogP contribution in [0.1, 0.15) is 12.8 Å². The van der Waals surface area contributed by atoms with Crippen molar-refractivity contribution in [2.45, 2.75) is 19.4 Å². The van der Waals surface area contributed by atoms with Crippen LogP contribution in [0.15, 0.2) is 12.4 Å². The maximum absolute atomic E-state index is 11.5. The van der Waals surface area contributed by atoms with Crippen LogP contribution < -0.4 is 0 Å². The minimum absolute atomic E-state index is 0.0165. The van der Waals surface area contributed by atoms with Crippen LogP contribution in [0, 0.1) is 10.1 Å². The smallest absolute Gasteiger partial charge is 0.390 e. The third-order valence-electron chi connectivity index (χ3n) is 2.36. The fourth-order valence-corrected chi connectivity index (χ4v) is 1.52. The number of hydrogen-bond acceptors (Lipinski definition) is 7. The lowest BCUT2D eigenvalue weighted by Gasteiger charge is -2.11. The summed E-state index contributed by atoms with van der Waals surface area (Å²) < 4.78 is 0.938. The number of nitrogens with zero attached hydrogens (tertiary/aromatic N) is 4. The first-order valence-corrected chi connectivity index (χ1v) is 5.21. The number of imide groups is 1. The van der Waals surface area contributed by atoms with E-state index >= 15 is 0 Å². The van der Waals surface area contributed by atoms with E-state index in [9.17, 15) is 24.5 Å². The highest BCUT2D eigenvalue weighted by Crippen LogP contribution is 2.13. The Morgan fingerprint density at radius 3 is 2.63 bits per heavy atom. The largest absolute Gasteiger partial charge is 0.435 e. The Morgan fingerprint density at radius 2 is 2.05 bits per heavy atom. The topological polar surface area (TPSA) is 125 Å². The van der Waals surface area contributed by atoms with E-state index in [1.165, 1.54) is 6.20 Å². The van der Waals surface area contributed by atoms with Gasteiger partial charge in [0.2, 0.25) is 0 Å². The van der Waals surface area contributed by atoms with Crippen molar-refractivity contribution in [1.82, 2.24) is 14.6 Å². The third-order valence-corrected chi connectivity index (χ3v) is 2.36. The Kier molecular flexibility index (Phi) is 3.23. The molecule has 0 N–H and O–H groups in total. The van der Waals surface area contributed by atoms with Crippen molar-refractivity contribution in [2.24, 2.45) is 0 Å². The average Bonchev–Trinajstić information content (AvgIpc) is 2.91. The molecule has 0 saturated carbocycles. The zero-order chi connectivity index (χ0) is 14.0. The summed E-state index contributed by atoms with van der Waals surface area (Å²) in [5.74, 6) is -2.72. The molecule has 1 aliphatic rings. The number of carbonyl (C=O) groups is 3. The number of nitro groups is 1. The SMILES string of the molecule is O=C(Cn1ccnc1[N+](=O)[O-])ON1C(=O)CCC1=O. The summed E-state index contributed by atoms with van der Waals surface area (Å²) in [4.78, 5) is 51.7. The van der Waals surface area contributed by atoms with Gasteiger partial charge < -0.3 is 15.0 Å². The zero-order valence-electron chi connectivity index (χ0n) is 9.51. The highest BCUT2D eigenvalue weighted by molar-refractivity contribution is 6.01. The van der Waals surface area contributed by atoms with Gasteiger partial charge in [-0.3, -0.25) is 9.59 Å². The fourth-order valence-electron chi connectivity index (χ4n) is 1.52. The van der Waals surface area contributed by atoms with Gasteiger partial charge in [-0.25, -0.2) is 9.36 Å². The zero-order valence-corrected chi connectivity index (χ0v) is 9.51. The molecule has 1 aromatic rings. The van der Waals surface area contributed by atoms with Gasteiger partial charge in [-0.1, -0.05) is 4.98 Å². The molecule has 0 spiro atoms. The number of carbonyl (C=O) groups excluding carboxylic acids is 3. The molecule has 10 heteroatoms. The number of hydroxylamine groups is 2. The molecule has 1 aliphatic heterocycles. The first kappa shape index (κ1) is 12.7. The van der Waals surface area contributed by atoms with Crippen molar-refractivity contribution < 1.29 is 24.1 Å². The monoisotopic (exact) mass is 268 g/mol. The van der Waals surface area contributed by atoms with Gasteiger partial charge in [0.1, 0.15) is 12.4 Å². The summed E-state index contributed by atoms with van der Waals surface area (Å²) in [7, 11) is 0. The molecule has 0 atom stereocenters. The maximum atomic E-state index is 11.5. The lowest BCUT2D eigenvalue weighted by atomic mass is 10.4. The molecule has 1 saturated heterocycles. The van der Waals surface area contributed by atoms with Crippen LogP contribution in [0.25, 0.3) is 0 Å². The van der Waals surface area contributed by atoms with Crippen molar-refractivity contribution in [3.63, 3.8) is 0 Å². The van der Waals surface area contributed by atoms with Gasteiger partial charge in [0.05, 0.1) is 0 Å². The van der Waals surface area contributed by atoms with Crippen LogP contribution >= 0.6 is 0 Å². The minimum Gasteiger partial charge on any atom is -0.390 e. The lowest BCUT2D eigenvalue weighted by molar-refractivity contribution is -0.396. The number of rotatable bonds is 4. The van der Waals surface area contributed by atoms with Crippen LogP contribution in [0.5, 0.6) is 0 Å². The van der Waals surface area contributed by atoms with E-state index in [1.54, 1.807) is 0 Å². The molecule has 1 fully saturated rings. The molecular weight excluding hydrogens is 260 g/mol. The molecule has 2 rings (SSSR count). The molecular formula is C9H8N4O6. The van der Waals surface area contributed by atoms with Crippen molar-refractivity contribution in [3.8, 4) is 0 Å². The summed E-state index contributed by atoms with van der Waals surface area (Å²) in [5.41, 5.74) is 0. The molecule has 2 amide bonds. The number of aromatic nitrogens is 2. The fraction of sp³-hybridized carbons (Fsp3) is 0.333. The Bertz CT molecular complexity index is 549. The summed E-state index contributed by atoms with van der Waals surface area (Å²) in [5, 5.41) is 10.9. The van der Waals surface area contributed by atoms with Gasteiger partial charge in [-0.2, -0.15) is 0 Å². The predicted molar refractivity (Wildman–Crippen MR) is 56.1 cm³/mol. The number of amides is 2. The van der Waals surface area contributed by atoms with E-state index in [2.05, 4.69) is 9.82 Å². The molecule has 100 valence electrons. The molecule has 19 heavy (non-hydrogen) atoms. The van der Waals surface area contributed by atoms with Gasteiger partial charge in [0.25, 0.3) is 11.8 Å². The predicted octanol–water partition coefficient (Wildman–Crippen LogP) is -0.602. The first-order chi connectivity index (χ1) is 8.99. The number of imidazole rings is 1. The summed E-state index contributed by atoms with van der Waals surface area (Å²) in [6, 6.07) is 0. The second-order valence-electron chi connectivity index (χ2n) is 3.66. The third kappa shape index (κ3) is 2.56. The minimum atomic E-state index is -0.968. The van der Waals surface area contributed by atoms with E-state index in [0.29, 0.717) is 5.06 Å². The highest BCUT2D eigenvalue weighted by atomic mass is 16.7. The van der Waals surface area contributed by atoms with Gasteiger partial charge in [-0.15, -0.1) is 5.06 Å². The van der Waals surface area contributed by atoms with E-state index < -0.39 is 35.2 Å². The van der Waals surface area contributed by atoms with E-state index in [0.717, 1.165) is 10.8 Å². The van der Waals surface area contributed by atoms with Crippen LogP contribution in [-0.4, -0.2) is 37.3 Å². The second-order valence-corrected chi connectivity index (χ2v) is 3.66. The highest BCUT2D eigenvalue weighted by Gasteiger charge is 2.33. The van der Waals surface area contributed by atoms with Crippen LogP contribution in [0.4, 0.5) is 5.95 Å². The van der Waals surface area contributed by atoms with Gasteiger partial charge in [0, 0.05) is 12.8 Å².